The molecule has 2 atom stereocenters. The Balaban J connectivity index is 1.97. The molecule has 0 radical (unpaired) electrons. The van der Waals surface area contributed by atoms with E-state index >= 15 is 0 Å². The lowest BCUT2D eigenvalue weighted by molar-refractivity contribution is -0.146. The minimum Gasteiger partial charge on any atom is -0.476 e. The molecule has 0 aliphatic carbocycles. The molecule has 0 unspecified atom stereocenters. The summed E-state index contributed by atoms with van der Waals surface area (Å²) in [6.07, 6.45) is 1.44. The van der Waals surface area contributed by atoms with Crippen LogP contribution < -0.4 is 10.4 Å². The van der Waals surface area contributed by atoms with Crippen LogP contribution in [0.5, 0.6) is 5.88 Å². The average Bonchev–Trinajstić information content (AvgIpc) is 2.98. The summed E-state index contributed by atoms with van der Waals surface area (Å²) < 4.78 is 30.5. The third kappa shape index (κ3) is 4.68. The average molecular weight is 346 g/mol. The molecule has 0 spiro atoms. The largest absolute Gasteiger partial charge is 0.476 e. The lowest BCUT2D eigenvalue weighted by Crippen LogP contribution is -2.29. The van der Waals surface area contributed by atoms with Crippen molar-refractivity contribution in [2.45, 2.75) is 38.4 Å². The Morgan fingerprint density at radius 3 is 3.04 bits per heavy atom. The van der Waals surface area contributed by atoms with Gasteiger partial charge in [-0.15, -0.1) is 11.8 Å². The van der Waals surface area contributed by atoms with Crippen molar-refractivity contribution in [3.8, 4) is 5.88 Å². The standard InChI is InChI=1S/C14H19FN2O5S/c1-3-5-11(18)21-7-12-22-10(8-23-12)17-6-9(15)13(20-4-2)16-14(17)19/h6,10,12H,3-5,7-8H2,1-2H3/t10-,12+/m0/s1. The van der Waals surface area contributed by atoms with Gasteiger partial charge in [-0.2, -0.15) is 9.37 Å². The van der Waals surface area contributed by atoms with Gasteiger partial charge in [0, 0.05) is 12.2 Å². The SMILES string of the molecule is CCCC(=O)OC[C@@H]1O[C@H](n2cc(F)c(OCC)nc2=O)CS1. The van der Waals surface area contributed by atoms with E-state index in [4.69, 9.17) is 14.2 Å². The number of thioether (sulfide) groups is 1. The number of rotatable bonds is 7. The van der Waals surface area contributed by atoms with Crippen molar-refractivity contribution < 1.29 is 23.4 Å². The van der Waals surface area contributed by atoms with Crippen LogP contribution >= 0.6 is 11.8 Å². The molecular formula is C14H19FN2O5S. The quantitative estimate of drug-likeness (QED) is 0.695. The predicted molar refractivity (Wildman–Crippen MR) is 81.9 cm³/mol. The van der Waals surface area contributed by atoms with Crippen LogP contribution in [0.4, 0.5) is 4.39 Å². The third-order valence-corrected chi connectivity index (χ3v) is 4.13. The van der Waals surface area contributed by atoms with Gasteiger partial charge in [0.15, 0.2) is 0 Å². The molecule has 23 heavy (non-hydrogen) atoms. The number of hydrogen-bond donors (Lipinski definition) is 0. The molecule has 9 heteroatoms. The van der Waals surface area contributed by atoms with Crippen molar-refractivity contribution in [1.29, 1.82) is 0 Å². The summed E-state index contributed by atoms with van der Waals surface area (Å²) >= 11 is 1.39. The lowest BCUT2D eigenvalue weighted by atomic mass is 10.3. The Hall–Kier alpha value is -1.61. The molecule has 1 aliphatic rings. The van der Waals surface area contributed by atoms with Gasteiger partial charge in [-0.3, -0.25) is 9.36 Å². The zero-order valence-corrected chi connectivity index (χ0v) is 13.8. The molecule has 0 N–H and O–H groups in total. The molecule has 1 fully saturated rings. The van der Waals surface area contributed by atoms with Crippen LogP contribution in [-0.4, -0.2) is 39.9 Å². The first kappa shape index (κ1) is 17.7. The monoisotopic (exact) mass is 346 g/mol. The van der Waals surface area contributed by atoms with Gasteiger partial charge in [-0.05, 0) is 13.3 Å². The van der Waals surface area contributed by atoms with Gasteiger partial charge < -0.3 is 14.2 Å². The smallest absolute Gasteiger partial charge is 0.353 e. The van der Waals surface area contributed by atoms with E-state index in [9.17, 15) is 14.0 Å². The highest BCUT2D eigenvalue weighted by molar-refractivity contribution is 8.00. The van der Waals surface area contributed by atoms with E-state index in [1.54, 1.807) is 6.92 Å². The number of hydrogen-bond acceptors (Lipinski definition) is 7. The summed E-state index contributed by atoms with van der Waals surface area (Å²) in [5, 5.41) is 0. The summed E-state index contributed by atoms with van der Waals surface area (Å²) in [7, 11) is 0. The van der Waals surface area contributed by atoms with Crippen LogP contribution in [0, 0.1) is 5.82 Å². The summed E-state index contributed by atoms with van der Waals surface area (Å²) in [5.74, 6) is -0.890. The van der Waals surface area contributed by atoms with E-state index in [0.717, 1.165) is 10.8 Å². The van der Waals surface area contributed by atoms with Crippen molar-refractivity contribution in [3.63, 3.8) is 0 Å². The number of carbonyl (C=O) groups excluding carboxylic acids is 1. The van der Waals surface area contributed by atoms with Gasteiger partial charge >= 0.3 is 11.7 Å². The van der Waals surface area contributed by atoms with Crippen molar-refractivity contribution in [2.75, 3.05) is 19.0 Å². The summed E-state index contributed by atoms with van der Waals surface area (Å²) in [4.78, 5) is 26.8. The van der Waals surface area contributed by atoms with Gasteiger partial charge in [0.1, 0.15) is 18.3 Å². The molecule has 1 aliphatic heterocycles. The maximum absolute atomic E-state index is 13.8. The zero-order chi connectivity index (χ0) is 16.8. The molecule has 0 bridgehead atoms. The second kappa shape index (κ2) is 8.30. The lowest BCUT2D eigenvalue weighted by Gasteiger charge is -2.15. The van der Waals surface area contributed by atoms with Crippen LogP contribution in [0.25, 0.3) is 0 Å². The summed E-state index contributed by atoms with van der Waals surface area (Å²) in [5.41, 5.74) is -1.04. The molecule has 1 aromatic rings. The zero-order valence-electron chi connectivity index (χ0n) is 13.0. The van der Waals surface area contributed by atoms with Gasteiger partial charge in [-0.25, -0.2) is 4.79 Å². The number of nitrogens with zero attached hydrogens (tertiary/aromatic N) is 2. The summed E-state index contributed by atoms with van der Waals surface area (Å²) in [6, 6.07) is 0. The van der Waals surface area contributed by atoms with E-state index in [1.165, 1.54) is 11.8 Å². The number of carbonyl (C=O) groups is 1. The Bertz CT molecular complexity index is 609. The van der Waals surface area contributed by atoms with E-state index in [2.05, 4.69) is 4.98 Å². The van der Waals surface area contributed by atoms with E-state index in [-0.39, 0.29) is 30.5 Å². The van der Waals surface area contributed by atoms with E-state index in [0.29, 0.717) is 18.6 Å². The topological polar surface area (TPSA) is 79.7 Å². The molecule has 0 saturated carbocycles. The molecule has 7 nitrogen and oxygen atoms in total. The second-order valence-corrected chi connectivity index (χ2v) is 6.00. The van der Waals surface area contributed by atoms with Crippen LogP contribution in [0.15, 0.2) is 11.0 Å². The molecule has 1 saturated heterocycles. The molecule has 2 rings (SSSR count). The van der Waals surface area contributed by atoms with Crippen LogP contribution in [-0.2, 0) is 14.3 Å². The maximum atomic E-state index is 13.8. The number of esters is 1. The van der Waals surface area contributed by atoms with Crippen molar-refractivity contribution in [3.05, 3.63) is 22.5 Å². The Morgan fingerprint density at radius 1 is 1.57 bits per heavy atom. The highest BCUT2D eigenvalue weighted by Gasteiger charge is 2.29. The van der Waals surface area contributed by atoms with E-state index in [1.807, 2.05) is 6.92 Å². The van der Waals surface area contributed by atoms with Crippen LogP contribution in [0.3, 0.4) is 0 Å². The highest BCUT2D eigenvalue weighted by atomic mass is 32.2. The molecule has 1 aromatic heterocycles. The van der Waals surface area contributed by atoms with Crippen molar-refractivity contribution in [2.24, 2.45) is 0 Å². The fraction of sp³-hybridized carbons (Fsp3) is 0.643. The van der Waals surface area contributed by atoms with Crippen molar-refractivity contribution >= 4 is 17.7 Å². The van der Waals surface area contributed by atoms with Crippen LogP contribution in [0.1, 0.15) is 32.9 Å². The fourth-order valence-corrected chi connectivity index (χ4v) is 2.98. The van der Waals surface area contributed by atoms with Gasteiger partial charge in [-0.1, -0.05) is 6.92 Å². The van der Waals surface area contributed by atoms with E-state index < -0.39 is 17.7 Å². The third-order valence-electron chi connectivity index (χ3n) is 3.03. The van der Waals surface area contributed by atoms with Gasteiger partial charge in [0.2, 0.25) is 5.82 Å². The minimum atomic E-state index is -0.724. The number of ether oxygens (including phenoxy) is 3. The van der Waals surface area contributed by atoms with Crippen LogP contribution in [0.2, 0.25) is 0 Å². The minimum absolute atomic E-state index is 0.0989. The molecule has 2 heterocycles. The molecule has 0 aromatic carbocycles. The molecule has 0 amide bonds. The first-order chi connectivity index (χ1) is 11.0. The molecular weight excluding hydrogens is 327 g/mol. The summed E-state index contributed by atoms with van der Waals surface area (Å²) in [6.45, 7) is 3.88. The first-order valence-corrected chi connectivity index (χ1v) is 8.44. The molecule has 128 valence electrons. The first-order valence-electron chi connectivity index (χ1n) is 7.39. The Kier molecular flexibility index (Phi) is 6.40. The fourth-order valence-electron chi connectivity index (χ4n) is 1.99. The van der Waals surface area contributed by atoms with Gasteiger partial charge in [0.25, 0.3) is 5.88 Å². The number of halogens is 1. The Morgan fingerprint density at radius 2 is 2.35 bits per heavy atom. The number of aromatic nitrogens is 2. The normalized spacial score (nSPS) is 20.5. The predicted octanol–water partition coefficient (Wildman–Crippen LogP) is 1.71. The van der Waals surface area contributed by atoms with Crippen molar-refractivity contribution in [1.82, 2.24) is 9.55 Å². The second-order valence-electron chi connectivity index (χ2n) is 4.80. The highest BCUT2D eigenvalue weighted by Crippen LogP contribution is 2.31. The van der Waals surface area contributed by atoms with Gasteiger partial charge in [0.05, 0.1) is 12.8 Å². The Labute approximate surface area is 137 Å². The maximum Gasteiger partial charge on any atom is 0.353 e.